The van der Waals surface area contributed by atoms with Crippen LogP contribution in [0.2, 0.25) is 0 Å². The number of carboxylic acids is 1. The largest absolute Gasteiger partial charge is 0.480 e. The molecule has 28 nitrogen and oxygen atoms in total. The van der Waals surface area contributed by atoms with Crippen molar-refractivity contribution in [3.8, 4) is 0 Å². The summed E-state index contributed by atoms with van der Waals surface area (Å²) in [5.41, 5.74) is 15.9. The van der Waals surface area contributed by atoms with Gasteiger partial charge in [0, 0.05) is 63.2 Å². The Labute approximate surface area is 630 Å². The summed E-state index contributed by atoms with van der Waals surface area (Å²) in [5.74, 6) is -11.8. The first-order valence-corrected chi connectivity index (χ1v) is 38.0. The molecule has 0 saturated carbocycles. The molecule has 107 heavy (non-hydrogen) atoms. The monoisotopic (exact) mass is 1510 g/mol. The fraction of sp³-hybridized carbons (Fsp3) is 0.416. The fourth-order valence-corrected chi connectivity index (χ4v) is 14.0. The number of likely N-dealkylation sites (N-methyl/N-ethyl adjacent to an activating group) is 1. The zero-order valence-corrected chi connectivity index (χ0v) is 62.1. The first kappa shape index (κ1) is 84.5. The van der Waals surface area contributed by atoms with Crippen LogP contribution in [0.1, 0.15) is 80.3 Å². The highest BCUT2D eigenvalue weighted by Crippen LogP contribution is 2.24. The van der Waals surface area contributed by atoms with E-state index in [0.29, 0.717) is 47.2 Å². The predicted octanol–water partition coefficient (Wildman–Crippen LogP) is 0.731. The minimum atomic E-state index is -1.91. The molecule has 0 aromatic heterocycles. The SMILES string of the molecule is CC(C)NCc1ccc(C[C@H]2C(=O)N[C@@H]([C@@H](C)O)C(=O)N[C@@H](Cc3ccccc3)C(=O)N[C@@H]([C@@H](C)O)C(=O)N[C@@H](CO)C(=O)N[C@H](C(=O)O)CSSC[C@H](N)C(=O)N[C@@H](CCCCN)C(=O)N[C@@H](Cc3ccccc3)C(=O)N[C@@H](Cc3ccccc3)C(=O)N[C@H](Cc3ccc4ccccc4c3)C(=O)N2C)cc1. The molecule has 30 heteroatoms. The number of carbonyl (C=O) groups is 11. The first-order valence-electron chi connectivity index (χ1n) is 35.5. The summed E-state index contributed by atoms with van der Waals surface area (Å²) in [4.78, 5) is 162. The Morgan fingerprint density at radius 1 is 0.467 bits per heavy atom. The van der Waals surface area contributed by atoms with E-state index in [-0.39, 0.29) is 62.6 Å². The lowest BCUT2D eigenvalue weighted by Gasteiger charge is -2.33. The maximum absolute atomic E-state index is 15.9. The summed E-state index contributed by atoms with van der Waals surface area (Å²) in [6, 6.07) is 28.4. The lowest BCUT2D eigenvalue weighted by molar-refractivity contribution is -0.143. The third kappa shape index (κ3) is 26.6. The molecule has 10 amide bonds. The van der Waals surface area contributed by atoms with E-state index in [0.717, 1.165) is 49.7 Å². The summed E-state index contributed by atoms with van der Waals surface area (Å²) in [6.45, 7) is 5.95. The molecule has 0 aliphatic carbocycles. The van der Waals surface area contributed by atoms with Crippen molar-refractivity contribution in [2.75, 3.05) is 31.7 Å². The summed E-state index contributed by atoms with van der Waals surface area (Å²) >= 11 is 0. The molecular weight excluding hydrogens is 1410 g/mol. The van der Waals surface area contributed by atoms with Crippen molar-refractivity contribution in [2.24, 2.45) is 11.5 Å². The quantitative estimate of drug-likeness (QED) is 0.0349. The van der Waals surface area contributed by atoms with Crippen molar-refractivity contribution >= 4 is 97.4 Å². The number of amides is 10. The molecule has 1 aliphatic rings. The van der Waals surface area contributed by atoms with Crippen LogP contribution in [-0.2, 0) is 91.4 Å². The van der Waals surface area contributed by atoms with Gasteiger partial charge in [-0.1, -0.05) is 193 Å². The number of hydrogen-bond donors (Lipinski definition) is 16. The summed E-state index contributed by atoms with van der Waals surface area (Å²) in [5, 5.41) is 71.6. The molecular formula is C77H99N13O15S2. The minimum absolute atomic E-state index is 0.0312. The topological polar surface area (TPSA) is 444 Å². The second-order valence-corrected chi connectivity index (χ2v) is 29.4. The Hall–Kier alpha value is -9.79. The van der Waals surface area contributed by atoms with E-state index in [2.05, 4.69) is 53.2 Å². The van der Waals surface area contributed by atoms with Gasteiger partial charge >= 0.3 is 5.97 Å². The molecule has 7 rings (SSSR count). The summed E-state index contributed by atoms with van der Waals surface area (Å²) in [6.07, 6.45) is -3.62. The van der Waals surface area contributed by atoms with Gasteiger partial charge in [-0.05, 0) is 83.8 Å². The van der Waals surface area contributed by atoms with Crippen molar-refractivity contribution in [2.45, 2.75) is 170 Å². The van der Waals surface area contributed by atoms with Crippen LogP contribution in [0.25, 0.3) is 10.8 Å². The van der Waals surface area contributed by atoms with Gasteiger partial charge in [0.1, 0.15) is 60.4 Å². The van der Waals surface area contributed by atoms with E-state index in [1.807, 2.05) is 62.4 Å². The van der Waals surface area contributed by atoms with E-state index in [1.165, 1.54) is 14.0 Å². The van der Waals surface area contributed by atoms with Crippen molar-refractivity contribution in [1.82, 2.24) is 58.1 Å². The van der Waals surface area contributed by atoms with Crippen LogP contribution in [0, 0.1) is 0 Å². The van der Waals surface area contributed by atoms with Gasteiger partial charge in [0.05, 0.1) is 24.9 Å². The summed E-state index contributed by atoms with van der Waals surface area (Å²) in [7, 11) is 3.18. The Morgan fingerprint density at radius 2 is 0.879 bits per heavy atom. The molecule has 1 fully saturated rings. The molecule has 6 aromatic carbocycles. The van der Waals surface area contributed by atoms with Crippen molar-refractivity contribution in [3.63, 3.8) is 0 Å². The predicted molar refractivity (Wildman–Crippen MR) is 408 cm³/mol. The van der Waals surface area contributed by atoms with Crippen LogP contribution in [-0.4, -0.2) is 207 Å². The third-order valence-electron chi connectivity index (χ3n) is 17.9. The average Bonchev–Trinajstić information content (AvgIpc) is 0.817. The van der Waals surface area contributed by atoms with Crippen LogP contribution in [0.3, 0.4) is 0 Å². The van der Waals surface area contributed by atoms with Crippen molar-refractivity contribution < 1.29 is 73.2 Å². The Morgan fingerprint density at radius 3 is 1.38 bits per heavy atom. The molecule has 1 saturated heterocycles. The van der Waals surface area contributed by atoms with Gasteiger partial charge < -0.3 is 90.0 Å². The Balaban J connectivity index is 1.34. The molecule has 6 aromatic rings. The number of hydrogen-bond acceptors (Lipinski definition) is 19. The first-order chi connectivity index (χ1) is 51.2. The zero-order valence-electron chi connectivity index (χ0n) is 60.5. The zero-order chi connectivity index (χ0) is 77.7. The van der Waals surface area contributed by atoms with Gasteiger partial charge in [-0.2, -0.15) is 0 Å². The molecule has 0 unspecified atom stereocenters. The van der Waals surface area contributed by atoms with Gasteiger partial charge in [0.2, 0.25) is 59.1 Å². The number of benzene rings is 6. The molecule has 0 radical (unpaired) electrons. The molecule has 1 heterocycles. The maximum atomic E-state index is 15.9. The number of fused-ring (bicyclic) bond motifs is 1. The second kappa shape index (κ2) is 42.5. The van der Waals surface area contributed by atoms with Crippen LogP contribution in [0.15, 0.2) is 158 Å². The maximum Gasteiger partial charge on any atom is 0.327 e. The average molecular weight is 1510 g/mol. The Bertz CT molecular complexity index is 3960. The van der Waals surface area contributed by atoms with Crippen LogP contribution in [0.5, 0.6) is 0 Å². The van der Waals surface area contributed by atoms with Crippen LogP contribution >= 0.6 is 21.6 Å². The number of nitrogens with zero attached hydrogens (tertiary/aromatic N) is 1. The van der Waals surface area contributed by atoms with Crippen molar-refractivity contribution in [3.05, 3.63) is 191 Å². The minimum Gasteiger partial charge on any atom is -0.480 e. The highest BCUT2D eigenvalue weighted by molar-refractivity contribution is 8.76. The molecule has 574 valence electrons. The van der Waals surface area contributed by atoms with E-state index >= 15 is 19.2 Å². The molecule has 1 aliphatic heterocycles. The normalized spacial score (nSPS) is 23.6. The number of unbranched alkanes of at least 4 members (excludes halogenated alkanes) is 1. The standard InChI is InChI=1S/C77H99N13O15S2/c1-45(2)80-41-52-30-28-51(29-31-52)40-64-73(100)89-66(47(4)93)74(101)84-60(38-50-23-13-8-14-24-50)71(98)88-65(46(3)92)75(102)86-62(42-91)72(99)87-63(77(104)105)44-107-106-43-56(79)67(94)81-57(27-17-18-34-78)68(95)82-58(36-48-19-9-6-10-20-48)69(96)83-59(37-49-21-11-7-12-22-49)70(97)85-61(76(103)90(64)5)39-53-32-33-54-25-15-16-26-55(54)35-53/h6-16,19-26,28-33,35,45-47,56-66,80,91-93H,17-18,27,34,36-44,78-79H2,1-5H3,(H,81,94)(H,82,95)(H,83,96)(H,84,101)(H,85,97)(H,86,102)(H,87,99)(H,88,98)(H,89,100)(H,104,105)/t46-,47-,56+,57+,58+,59+,60+,61-,62+,63+,64+,65+,66+/m1/s1. The number of aliphatic hydroxyl groups is 3. The van der Waals surface area contributed by atoms with Gasteiger partial charge in [-0.25, -0.2) is 4.79 Å². The number of nitrogens with one attached hydrogen (secondary N) is 10. The molecule has 18 N–H and O–H groups in total. The van der Waals surface area contributed by atoms with Gasteiger partial charge in [0.25, 0.3) is 0 Å². The van der Waals surface area contributed by atoms with E-state index < -0.39 is 150 Å². The smallest absolute Gasteiger partial charge is 0.327 e. The van der Waals surface area contributed by atoms with Crippen LogP contribution < -0.4 is 64.6 Å². The number of carboxylic acid groups (broad SMARTS) is 1. The fourth-order valence-electron chi connectivity index (χ4n) is 11.8. The van der Waals surface area contributed by atoms with Crippen molar-refractivity contribution in [1.29, 1.82) is 0 Å². The van der Waals surface area contributed by atoms with E-state index in [9.17, 15) is 54.0 Å². The van der Waals surface area contributed by atoms with Gasteiger partial charge in [-0.3, -0.25) is 47.9 Å². The molecule has 0 bridgehead atoms. The van der Waals surface area contributed by atoms with Crippen LogP contribution in [0.4, 0.5) is 0 Å². The van der Waals surface area contributed by atoms with Gasteiger partial charge in [0.15, 0.2) is 0 Å². The number of rotatable bonds is 21. The lowest BCUT2D eigenvalue weighted by atomic mass is 9.97. The highest BCUT2D eigenvalue weighted by atomic mass is 33.1. The number of carbonyl (C=O) groups excluding carboxylic acids is 10. The number of aliphatic hydroxyl groups excluding tert-OH is 3. The number of nitrogens with two attached hydrogens (primary N) is 2. The van der Waals surface area contributed by atoms with E-state index in [1.54, 1.807) is 109 Å². The second-order valence-electron chi connectivity index (χ2n) is 26.8. The lowest BCUT2D eigenvalue weighted by Crippen LogP contribution is -2.63. The highest BCUT2D eigenvalue weighted by Gasteiger charge is 2.40. The molecule has 0 spiro atoms. The molecule has 13 atom stereocenters. The third-order valence-corrected chi connectivity index (χ3v) is 20.4. The summed E-state index contributed by atoms with van der Waals surface area (Å²) < 4.78 is 0. The Kier molecular flexibility index (Phi) is 33.6. The van der Waals surface area contributed by atoms with Gasteiger partial charge in [-0.15, -0.1) is 0 Å². The van der Waals surface area contributed by atoms with E-state index in [4.69, 9.17) is 11.5 Å². The number of aliphatic carboxylic acids is 1.